The van der Waals surface area contributed by atoms with Crippen molar-refractivity contribution < 1.29 is 4.79 Å². The lowest BCUT2D eigenvalue weighted by molar-refractivity contribution is 0.1000. The topological polar surface area (TPSA) is 90.0 Å². The van der Waals surface area contributed by atoms with Crippen molar-refractivity contribution in [3.8, 4) is 5.69 Å². The lowest BCUT2D eigenvalue weighted by Crippen LogP contribution is -2.29. The Balaban J connectivity index is 2.08. The van der Waals surface area contributed by atoms with E-state index in [2.05, 4.69) is 5.32 Å². The number of hydrogen-bond acceptors (Lipinski definition) is 4. The fourth-order valence-corrected chi connectivity index (χ4v) is 3.85. The zero-order valence-corrected chi connectivity index (χ0v) is 15.7. The zero-order valence-electron chi connectivity index (χ0n) is 14.2. The van der Waals surface area contributed by atoms with Crippen LogP contribution < -0.4 is 16.6 Å². The van der Waals surface area contributed by atoms with E-state index >= 15 is 0 Å². The minimum absolute atomic E-state index is 0.102. The Labute approximate surface area is 164 Å². The van der Waals surface area contributed by atoms with Gasteiger partial charge in [0, 0.05) is 5.56 Å². The van der Waals surface area contributed by atoms with Crippen molar-refractivity contribution in [3.05, 3.63) is 68.2 Å². The van der Waals surface area contributed by atoms with Gasteiger partial charge in [-0.1, -0.05) is 29.3 Å². The molecule has 138 valence electrons. The normalized spacial score (nSPS) is 16.7. The second kappa shape index (κ2) is 6.96. The summed E-state index contributed by atoms with van der Waals surface area (Å²) in [5, 5.41) is 4.24. The first-order valence-corrected chi connectivity index (χ1v) is 9.27. The average molecular weight is 403 g/mol. The molecule has 0 saturated carbocycles. The highest BCUT2D eigenvalue weighted by atomic mass is 35.5. The Morgan fingerprint density at radius 2 is 2.00 bits per heavy atom. The molecule has 3 aromatic rings. The van der Waals surface area contributed by atoms with E-state index in [1.807, 2.05) is 0 Å². The van der Waals surface area contributed by atoms with Gasteiger partial charge in [-0.2, -0.15) is 0 Å². The number of primary amides is 1. The third kappa shape index (κ3) is 3.10. The van der Waals surface area contributed by atoms with Crippen molar-refractivity contribution in [3.63, 3.8) is 0 Å². The van der Waals surface area contributed by atoms with Gasteiger partial charge in [0.05, 0.1) is 32.7 Å². The van der Waals surface area contributed by atoms with E-state index in [1.54, 1.807) is 36.4 Å². The molecule has 4 rings (SSSR count). The minimum Gasteiger partial charge on any atom is -0.366 e. The summed E-state index contributed by atoms with van der Waals surface area (Å²) >= 11 is 12.6. The van der Waals surface area contributed by atoms with Crippen molar-refractivity contribution in [2.75, 3.05) is 6.54 Å². The second-order valence-corrected chi connectivity index (χ2v) is 7.24. The van der Waals surface area contributed by atoms with Gasteiger partial charge < -0.3 is 11.1 Å². The van der Waals surface area contributed by atoms with Gasteiger partial charge in [0.15, 0.2) is 0 Å². The predicted molar refractivity (Wildman–Crippen MR) is 106 cm³/mol. The number of nitrogens with two attached hydrogens (primary N) is 1. The Bertz CT molecular complexity index is 1120. The Kier molecular flexibility index (Phi) is 4.63. The van der Waals surface area contributed by atoms with Crippen molar-refractivity contribution in [1.82, 2.24) is 14.9 Å². The number of halogens is 2. The summed E-state index contributed by atoms with van der Waals surface area (Å²) in [7, 11) is 0. The first kappa shape index (κ1) is 18.0. The number of fused-ring (bicyclic) bond motifs is 1. The van der Waals surface area contributed by atoms with Crippen molar-refractivity contribution in [2.24, 2.45) is 5.73 Å². The lowest BCUT2D eigenvalue weighted by atomic mass is 10.1. The third-order valence-corrected chi connectivity index (χ3v) is 5.33. The van der Waals surface area contributed by atoms with Gasteiger partial charge in [-0.15, -0.1) is 0 Å². The predicted octanol–water partition coefficient (Wildman–Crippen LogP) is 3.22. The standard InChI is InChI=1S/C19H16Cl2N4O2/c20-12-6-7-13(21)16-15(12)19(27)25(18(24-16)14-5-2-8-23-14)11-4-1-3-10(9-11)17(22)26/h1,3-4,6-7,9,14,23H,2,5,8H2,(H2,22,26). The summed E-state index contributed by atoms with van der Waals surface area (Å²) in [5.41, 5.74) is 6.25. The highest BCUT2D eigenvalue weighted by molar-refractivity contribution is 6.39. The van der Waals surface area contributed by atoms with Gasteiger partial charge in [-0.25, -0.2) is 4.98 Å². The van der Waals surface area contributed by atoms with Crippen LogP contribution in [0.15, 0.2) is 41.2 Å². The number of benzene rings is 2. The number of nitrogens with zero attached hydrogens (tertiary/aromatic N) is 2. The van der Waals surface area contributed by atoms with Crippen LogP contribution in [0.4, 0.5) is 0 Å². The van der Waals surface area contributed by atoms with Crippen LogP contribution in [0.25, 0.3) is 16.6 Å². The molecule has 1 saturated heterocycles. The summed E-state index contributed by atoms with van der Waals surface area (Å²) in [5.74, 6) is -0.0314. The molecule has 3 N–H and O–H groups in total. The first-order chi connectivity index (χ1) is 13.0. The SMILES string of the molecule is NC(=O)c1cccc(-n2c(C3CCCN3)nc3c(Cl)ccc(Cl)c3c2=O)c1. The lowest BCUT2D eigenvalue weighted by Gasteiger charge is -2.19. The number of rotatable bonds is 3. The molecular formula is C19H16Cl2N4O2. The molecule has 27 heavy (non-hydrogen) atoms. The molecule has 1 atom stereocenters. The Morgan fingerprint density at radius 3 is 2.70 bits per heavy atom. The molecular weight excluding hydrogens is 387 g/mol. The summed E-state index contributed by atoms with van der Waals surface area (Å²) in [4.78, 5) is 29.7. The van der Waals surface area contributed by atoms with Gasteiger partial charge in [0.25, 0.3) is 5.56 Å². The molecule has 0 radical (unpaired) electrons. The van der Waals surface area contributed by atoms with Crippen molar-refractivity contribution >= 4 is 40.0 Å². The molecule has 2 heterocycles. The van der Waals surface area contributed by atoms with E-state index in [4.69, 9.17) is 33.9 Å². The van der Waals surface area contributed by atoms with Crippen LogP contribution >= 0.6 is 23.2 Å². The molecule has 6 nitrogen and oxygen atoms in total. The number of amides is 1. The molecule has 1 unspecified atom stereocenters. The number of carbonyl (C=O) groups is 1. The maximum Gasteiger partial charge on any atom is 0.267 e. The number of aromatic nitrogens is 2. The molecule has 0 bridgehead atoms. The van der Waals surface area contributed by atoms with Crippen LogP contribution in [-0.2, 0) is 0 Å². The van der Waals surface area contributed by atoms with Crippen LogP contribution in [0.2, 0.25) is 10.0 Å². The molecule has 2 aromatic carbocycles. The van der Waals surface area contributed by atoms with Crippen LogP contribution in [0.3, 0.4) is 0 Å². The van der Waals surface area contributed by atoms with Crippen LogP contribution in [0, 0.1) is 0 Å². The van der Waals surface area contributed by atoms with Gasteiger partial charge in [0.1, 0.15) is 5.82 Å². The van der Waals surface area contributed by atoms with E-state index in [-0.39, 0.29) is 22.0 Å². The summed E-state index contributed by atoms with van der Waals surface area (Å²) < 4.78 is 1.49. The zero-order chi connectivity index (χ0) is 19.1. The van der Waals surface area contributed by atoms with Crippen LogP contribution in [-0.4, -0.2) is 22.0 Å². The van der Waals surface area contributed by atoms with E-state index in [1.165, 1.54) is 4.57 Å². The Hall–Kier alpha value is -2.41. The average Bonchev–Trinajstić information content (AvgIpc) is 3.19. The largest absolute Gasteiger partial charge is 0.366 e. The minimum atomic E-state index is -0.569. The highest BCUT2D eigenvalue weighted by Crippen LogP contribution is 2.30. The number of carbonyl (C=O) groups excluding carboxylic acids is 1. The van der Waals surface area contributed by atoms with Crippen molar-refractivity contribution in [1.29, 1.82) is 0 Å². The van der Waals surface area contributed by atoms with E-state index in [0.29, 0.717) is 27.6 Å². The molecule has 1 amide bonds. The van der Waals surface area contributed by atoms with Crippen LogP contribution in [0.1, 0.15) is 35.1 Å². The maximum atomic E-state index is 13.4. The highest BCUT2D eigenvalue weighted by Gasteiger charge is 2.25. The van der Waals surface area contributed by atoms with Gasteiger partial charge in [0.2, 0.25) is 5.91 Å². The quantitative estimate of drug-likeness (QED) is 0.703. The van der Waals surface area contributed by atoms with Gasteiger partial charge in [-0.3, -0.25) is 14.2 Å². The van der Waals surface area contributed by atoms with E-state index < -0.39 is 5.91 Å². The molecule has 0 aliphatic carbocycles. The maximum absolute atomic E-state index is 13.4. The molecule has 0 spiro atoms. The number of hydrogen-bond donors (Lipinski definition) is 2. The number of nitrogens with one attached hydrogen (secondary N) is 1. The van der Waals surface area contributed by atoms with Gasteiger partial charge in [-0.05, 0) is 49.7 Å². The fourth-order valence-electron chi connectivity index (χ4n) is 3.42. The van der Waals surface area contributed by atoms with Crippen LogP contribution in [0.5, 0.6) is 0 Å². The third-order valence-electron chi connectivity index (χ3n) is 4.71. The molecule has 1 aliphatic heterocycles. The summed E-state index contributed by atoms with van der Waals surface area (Å²) in [6.45, 7) is 0.836. The smallest absolute Gasteiger partial charge is 0.267 e. The second-order valence-electron chi connectivity index (χ2n) is 6.43. The molecule has 1 aromatic heterocycles. The fraction of sp³-hybridized carbons (Fsp3) is 0.211. The van der Waals surface area contributed by atoms with E-state index in [0.717, 1.165) is 19.4 Å². The molecule has 8 heteroatoms. The van der Waals surface area contributed by atoms with E-state index in [9.17, 15) is 9.59 Å². The summed E-state index contributed by atoms with van der Waals surface area (Å²) in [6, 6.07) is 9.69. The van der Waals surface area contributed by atoms with Gasteiger partial charge >= 0.3 is 0 Å². The molecule has 1 aliphatic rings. The monoisotopic (exact) mass is 402 g/mol. The summed E-state index contributed by atoms with van der Waals surface area (Å²) in [6.07, 6.45) is 1.81. The molecule has 1 fully saturated rings. The van der Waals surface area contributed by atoms with Crippen molar-refractivity contribution in [2.45, 2.75) is 18.9 Å². The first-order valence-electron chi connectivity index (χ1n) is 8.51. The Morgan fingerprint density at radius 1 is 1.22 bits per heavy atom.